The van der Waals surface area contributed by atoms with Gasteiger partial charge in [-0.05, 0) is 70.8 Å². The number of aliphatic imine (C=N–C) groups is 1. The van der Waals surface area contributed by atoms with Gasteiger partial charge in [-0.25, -0.2) is 19.9 Å². The second-order valence-corrected chi connectivity index (χ2v) is 14.6. The van der Waals surface area contributed by atoms with Crippen LogP contribution in [-0.4, -0.2) is 25.8 Å². The summed E-state index contributed by atoms with van der Waals surface area (Å²) in [5.41, 5.74) is 13.6. The summed E-state index contributed by atoms with van der Waals surface area (Å²) < 4.78 is 0. The zero-order chi connectivity index (χ0) is 38.4. The fourth-order valence-electron chi connectivity index (χ4n) is 7.88. The first-order chi connectivity index (χ1) is 28.7. The molecule has 6 aromatic carbocycles. The molecule has 1 aliphatic rings. The van der Waals surface area contributed by atoms with Crippen molar-refractivity contribution in [1.82, 2.24) is 25.3 Å². The molecule has 0 amide bonds. The maximum absolute atomic E-state index is 5.22. The summed E-state index contributed by atoms with van der Waals surface area (Å²) >= 11 is 0. The van der Waals surface area contributed by atoms with Crippen LogP contribution in [0.2, 0.25) is 0 Å². The predicted octanol–water partition coefficient (Wildman–Crippen LogP) is 12.0. The molecule has 0 bridgehead atoms. The zero-order valence-electron chi connectivity index (χ0n) is 31.3. The molecule has 5 heterocycles. The predicted molar refractivity (Wildman–Crippen MR) is 237 cm³/mol. The number of nitrogens with one attached hydrogen (secondary N) is 1. The smallest absolute Gasteiger partial charge is 0.134 e. The topological polar surface area (TPSA) is 76.0 Å². The average molecular weight is 743 g/mol. The number of fused-ring (bicyclic) bond motifs is 5. The minimum Gasteiger partial charge on any atom is -0.359 e. The molecule has 0 saturated heterocycles. The van der Waals surface area contributed by atoms with Gasteiger partial charge in [0.25, 0.3) is 0 Å². The molecule has 4 aromatic heterocycles. The minimum absolute atomic E-state index is 0.0779. The molecule has 272 valence electrons. The third-order valence-electron chi connectivity index (χ3n) is 10.9. The van der Waals surface area contributed by atoms with Crippen LogP contribution < -0.4 is 5.32 Å². The quantitative estimate of drug-likeness (QED) is 0.172. The number of hydrogen-bond donors (Lipinski definition) is 1. The number of hydrogen-bond acceptors (Lipinski definition) is 6. The first kappa shape index (κ1) is 33.5. The van der Waals surface area contributed by atoms with Crippen molar-refractivity contribution in [3.63, 3.8) is 0 Å². The molecular weight excluding hydrogens is 709 g/mol. The molecule has 6 heteroatoms. The molecule has 1 unspecified atom stereocenters. The number of pyridine rings is 4. The third-order valence-corrected chi connectivity index (χ3v) is 10.9. The zero-order valence-corrected chi connectivity index (χ0v) is 31.3. The maximum Gasteiger partial charge on any atom is 0.134 e. The summed E-state index contributed by atoms with van der Waals surface area (Å²) in [6, 6.07) is 63.0. The molecular formula is C52H34N6. The van der Waals surface area contributed by atoms with E-state index in [1.165, 1.54) is 0 Å². The Kier molecular flexibility index (Phi) is 8.11. The van der Waals surface area contributed by atoms with Crippen LogP contribution in [0.25, 0.3) is 83.1 Å². The highest BCUT2D eigenvalue weighted by molar-refractivity contribution is 6.04. The van der Waals surface area contributed by atoms with Gasteiger partial charge in [0, 0.05) is 38.9 Å². The molecule has 11 rings (SSSR count). The number of nitrogens with zero attached hydrogens (tertiary/aromatic N) is 5. The van der Waals surface area contributed by atoms with Crippen molar-refractivity contribution in [3.8, 4) is 33.8 Å². The van der Waals surface area contributed by atoms with Gasteiger partial charge < -0.3 is 5.32 Å². The van der Waals surface area contributed by atoms with Crippen molar-refractivity contribution in [2.24, 2.45) is 4.99 Å². The molecule has 0 spiro atoms. The molecule has 1 aliphatic heterocycles. The summed E-state index contributed by atoms with van der Waals surface area (Å²) in [6.07, 6.45) is 4.03. The lowest BCUT2D eigenvalue weighted by Gasteiger charge is -2.25. The fourth-order valence-corrected chi connectivity index (χ4v) is 7.88. The summed E-state index contributed by atoms with van der Waals surface area (Å²) in [6.45, 7) is 0. The molecule has 6 nitrogen and oxygen atoms in total. The van der Waals surface area contributed by atoms with Crippen molar-refractivity contribution < 1.29 is 0 Å². The first-order valence-corrected chi connectivity index (χ1v) is 19.4. The van der Waals surface area contributed by atoms with E-state index < -0.39 is 0 Å². The Morgan fingerprint density at radius 2 is 0.983 bits per heavy atom. The number of amidine groups is 1. The Balaban J connectivity index is 0.917. The molecule has 10 aromatic rings. The lowest BCUT2D eigenvalue weighted by molar-refractivity contribution is 0.781. The van der Waals surface area contributed by atoms with Crippen molar-refractivity contribution >= 4 is 55.1 Å². The largest absolute Gasteiger partial charge is 0.359 e. The normalized spacial score (nSPS) is 14.0. The monoisotopic (exact) mass is 742 g/mol. The fraction of sp³-hybridized carbons (Fsp3) is 0.0192. The summed E-state index contributed by atoms with van der Waals surface area (Å²) in [4.78, 5) is 25.1. The van der Waals surface area contributed by atoms with Gasteiger partial charge >= 0.3 is 0 Å². The van der Waals surface area contributed by atoms with E-state index in [1.807, 2.05) is 48.7 Å². The second kappa shape index (κ2) is 14.0. The van der Waals surface area contributed by atoms with Crippen LogP contribution in [0.15, 0.2) is 199 Å². The highest BCUT2D eigenvalue weighted by Crippen LogP contribution is 2.33. The van der Waals surface area contributed by atoms with Gasteiger partial charge in [0.15, 0.2) is 0 Å². The summed E-state index contributed by atoms with van der Waals surface area (Å²) in [7, 11) is 0. The van der Waals surface area contributed by atoms with Gasteiger partial charge in [-0.3, -0.25) is 4.98 Å². The van der Waals surface area contributed by atoms with Crippen LogP contribution in [-0.2, 0) is 0 Å². The molecule has 0 fully saturated rings. The molecule has 0 radical (unpaired) electrons. The second-order valence-electron chi connectivity index (χ2n) is 14.6. The van der Waals surface area contributed by atoms with Crippen LogP contribution in [0, 0.1) is 0 Å². The van der Waals surface area contributed by atoms with Gasteiger partial charge in [0.2, 0.25) is 0 Å². The Bertz CT molecular complexity index is 3260. The molecule has 58 heavy (non-hydrogen) atoms. The molecule has 1 N–H and O–H groups in total. The van der Waals surface area contributed by atoms with Gasteiger partial charge in [0.1, 0.15) is 5.84 Å². The van der Waals surface area contributed by atoms with Gasteiger partial charge in [-0.1, -0.05) is 140 Å². The van der Waals surface area contributed by atoms with E-state index in [2.05, 4.69) is 156 Å². The highest BCUT2D eigenvalue weighted by Gasteiger charge is 2.20. The van der Waals surface area contributed by atoms with Gasteiger partial charge in [-0.15, -0.1) is 0 Å². The lowest BCUT2D eigenvalue weighted by atomic mass is 9.97. The van der Waals surface area contributed by atoms with Crippen molar-refractivity contribution in [1.29, 1.82) is 0 Å². The van der Waals surface area contributed by atoms with E-state index in [0.29, 0.717) is 0 Å². The summed E-state index contributed by atoms with van der Waals surface area (Å²) in [5.74, 6) is 0.852. The first-order valence-electron chi connectivity index (χ1n) is 19.4. The van der Waals surface area contributed by atoms with Crippen molar-refractivity contribution in [2.75, 3.05) is 0 Å². The molecule has 0 aliphatic carbocycles. The Morgan fingerprint density at radius 3 is 1.72 bits per heavy atom. The minimum atomic E-state index is -0.0779. The number of aromatic nitrogens is 4. The van der Waals surface area contributed by atoms with E-state index in [9.17, 15) is 0 Å². The average Bonchev–Trinajstić information content (AvgIpc) is 3.31. The Labute approximate surface area is 335 Å². The lowest BCUT2D eigenvalue weighted by Crippen LogP contribution is -2.31. The third kappa shape index (κ3) is 6.23. The van der Waals surface area contributed by atoms with Gasteiger partial charge in [0.05, 0.1) is 50.9 Å². The van der Waals surface area contributed by atoms with E-state index in [0.717, 1.165) is 106 Å². The van der Waals surface area contributed by atoms with Crippen molar-refractivity contribution in [2.45, 2.75) is 6.04 Å². The van der Waals surface area contributed by atoms with Crippen LogP contribution in [0.4, 0.5) is 0 Å². The molecule has 0 saturated carbocycles. The van der Waals surface area contributed by atoms with Crippen molar-refractivity contribution in [3.05, 3.63) is 211 Å². The van der Waals surface area contributed by atoms with Crippen LogP contribution in [0.5, 0.6) is 0 Å². The SMILES string of the molecule is C1=C(c2ccccc2)N=C(c2ccccc2)NC1c1cccc(-c2ccc3ccc(-c4ccc5ccc(-c6ccc7ccc8cccnc8c7n6)nc5c4)cc3n2)c1. The Morgan fingerprint density at radius 1 is 0.397 bits per heavy atom. The molecule has 1 atom stereocenters. The van der Waals surface area contributed by atoms with Crippen LogP contribution in [0.3, 0.4) is 0 Å². The number of rotatable bonds is 6. The van der Waals surface area contributed by atoms with Crippen LogP contribution >= 0.6 is 0 Å². The van der Waals surface area contributed by atoms with E-state index in [-0.39, 0.29) is 6.04 Å². The van der Waals surface area contributed by atoms with Gasteiger partial charge in [-0.2, -0.15) is 0 Å². The maximum atomic E-state index is 5.22. The van der Waals surface area contributed by atoms with Crippen LogP contribution in [0.1, 0.15) is 22.7 Å². The van der Waals surface area contributed by atoms with E-state index in [1.54, 1.807) is 0 Å². The van der Waals surface area contributed by atoms with E-state index in [4.69, 9.17) is 19.9 Å². The highest BCUT2D eigenvalue weighted by atomic mass is 15.0. The number of benzene rings is 6. The standard InChI is InChI=1S/C52H34N6/c1-3-9-33(10-4-1)48-32-49(58-52(57-48)38-11-5-2-6-12-38)42-14-7-13-41(29-42)43-25-22-34-16-20-39(30-46(34)54-43)40-21-17-35-23-26-44(55-47(35)31-40)45-27-24-37-19-18-36-15-8-28-53-50(36)51(37)56-45/h1-32,49H,(H,57,58). The Hall–Kier alpha value is -7.83. The summed E-state index contributed by atoms with van der Waals surface area (Å²) in [5, 5.41) is 7.98. The van der Waals surface area contributed by atoms with E-state index >= 15 is 0 Å².